The highest BCUT2D eigenvalue weighted by atomic mass is 16.4. The van der Waals surface area contributed by atoms with E-state index >= 15 is 0 Å². The molecular weight excluding hydrogens is 308 g/mol. The molecule has 2 unspecified atom stereocenters. The van der Waals surface area contributed by atoms with Crippen molar-refractivity contribution in [3.63, 3.8) is 0 Å². The lowest BCUT2D eigenvalue weighted by molar-refractivity contribution is -0.258. The molecule has 2 fully saturated rings. The molecule has 1 aliphatic carbocycles. The maximum absolute atomic E-state index is 12.3. The summed E-state index contributed by atoms with van der Waals surface area (Å²) >= 11 is 0. The Labute approximate surface area is 132 Å². The van der Waals surface area contributed by atoms with E-state index in [1.165, 1.54) is 6.92 Å². The Morgan fingerprint density at radius 3 is 1.91 bits per heavy atom. The Bertz CT molecular complexity index is 603. The average Bonchev–Trinajstić information content (AvgIpc) is 3.23. The number of hydrogen-bond acceptors (Lipinski definition) is 6. The summed E-state index contributed by atoms with van der Waals surface area (Å²) in [5, 5.41) is 21.6. The molecule has 0 aromatic carbocycles. The topological polar surface area (TPSA) is 167 Å². The van der Waals surface area contributed by atoms with Crippen LogP contribution < -0.4 is 11.5 Å². The summed E-state index contributed by atoms with van der Waals surface area (Å²) in [4.78, 5) is 49.3. The summed E-state index contributed by atoms with van der Waals surface area (Å²) in [5.41, 5.74) is 3.82. The lowest BCUT2D eigenvalue weighted by Crippen LogP contribution is -2.84. The number of aliphatic hydroxyl groups is 2. The first-order valence-electron chi connectivity index (χ1n) is 7.15. The third-order valence-corrected chi connectivity index (χ3v) is 4.61. The van der Waals surface area contributed by atoms with Gasteiger partial charge in [-0.15, -0.1) is 0 Å². The standard InChI is InChI=1S/C13H20N4O6/c1-3-8(19)17-11(4-5-11)13(23,10(15)21)16(7(2)18)6-12(17,22)9(14)20/h22-23H,3-6H2,1-2H3,(H2,14,20)(H2,15,21). The third-order valence-electron chi connectivity index (χ3n) is 4.61. The average molecular weight is 328 g/mol. The van der Waals surface area contributed by atoms with E-state index in [0.717, 1.165) is 11.8 Å². The van der Waals surface area contributed by atoms with Gasteiger partial charge in [0.15, 0.2) is 0 Å². The molecule has 4 amide bonds. The largest absolute Gasteiger partial charge is 0.365 e. The van der Waals surface area contributed by atoms with Gasteiger partial charge in [0.05, 0.1) is 6.54 Å². The van der Waals surface area contributed by atoms with E-state index in [2.05, 4.69) is 0 Å². The SMILES string of the molecule is CCC(=O)N1C(O)(C(N)=O)CN(C(C)=O)C(O)(C(N)=O)C12CC2. The molecule has 1 heterocycles. The molecule has 1 saturated carbocycles. The fourth-order valence-corrected chi connectivity index (χ4v) is 3.35. The number of carbonyl (C=O) groups is 4. The van der Waals surface area contributed by atoms with E-state index < -0.39 is 47.2 Å². The number of β-amino-alcohol motifs (C(OH)–C–C–N with tert-alkyl or cyclic N) is 1. The predicted molar refractivity (Wildman–Crippen MR) is 74.8 cm³/mol. The number of carbonyl (C=O) groups excluding carboxylic acids is 4. The summed E-state index contributed by atoms with van der Waals surface area (Å²) in [5.74, 6) is -3.98. The van der Waals surface area contributed by atoms with Crippen molar-refractivity contribution in [3.05, 3.63) is 0 Å². The van der Waals surface area contributed by atoms with E-state index in [1.54, 1.807) is 0 Å². The van der Waals surface area contributed by atoms with Gasteiger partial charge in [0.25, 0.3) is 11.8 Å². The second-order valence-electron chi connectivity index (χ2n) is 5.94. The highest BCUT2D eigenvalue weighted by Gasteiger charge is 2.77. The monoisotopic (exact) mass is 328 g/mol. The first kappa shape index (κ1) is 17.2. The molecule has 0 aromatic rings. The van der Waals surface area contributed by atoms with E-state index in [-0.39, 0.29) is 19.3 Å². The molecule has 1 saturated heterocycles. The lowest BCUT2D eigenvalue weighted by atomic mass is 9.87. The minimum atomic E-state index is -2.53. The second kappa shape index (κ2) is 4.90. The van der Waals surface area contributed by atoms with Gasteiger partial charge in [0, 0.05) is 13.3 Å². The Kier molecular flexibility index (Phi) is 3.65. The minimum Gasteiger partial charge on any atom is -0.365 e. The fourth-order valence-electron chi connectivity index (χ4n) is 3.35. The van der Waals surface area contributed by atoms with Gasteiger partial charge in [0.2, 0.25) is 23.3 Å². The van der Waals surface area contributed by atoms with E-state index in [4.69, 9.17) is 11.5 Å². The smallest absolute Gasteiger partial charge is 0.273 e. The van der Waals surface area contributed by atoms with Gasteiger partial charge in [-0.25, -0.2) is 0 Å². The number of amides is 4. The molecule has 6 N–H and O–H groups in total. The normalized spacial score (nSPS) is 31.8. The first-order valence-corrected chi connectivity index (χ1v) is 7.15. The molecule has 0 radical (unpaired) electrons. The van der Waals surface area contributed by atoms with Crippen LogP contribution >= 0.6 is 0 Å². The molecule has 2 rings (SSSR count). The van der Waals surface area contributed by atoms with Gasteiger partial charge >= 0.3 is 0 Å². The molecule has 2 atom stereocenters. The van der Waals surface area contributed by atoms with Crippen LogP contribution in [0.25, 0.3) is 0 Å². The Morgan fingerprint density at radius 1 is 1.09 bits per heavy atom. The van der Waals surface area contributed by atoms with Crippen LogP contribution in [0.3, 0.4) is 0 Å². The van der Waals surface area contributed by atoms with Gasteiger partial charge in [-0.3, -0.25) is 29.0 Å². The molecule has 1 spiro atoms. The molecule has 128 valence electrons. The summed E-state index contributed by atoms with van der Waals surface area (Å²) in [6, 6.07) is 0. The molecule has 2 aliphatic rings. The van der Waals surface area contributed by atoms with Crippen molar-refractivity contribution in [3.8, 4) is 0 Å². The minimum absolute atomic E-state index is 0.0809. The fraction of sp³-hybridized carbons (Fsp3) is 0.692. The zero-order valence-corrected chi connectivity index (χ0v) is 12.9. The van der Waals surface area contributed by atoms with Gasteiger partial charge in [-0.2, -0.15) is 0 Å². The molecule has 0 aromatic heterocycles. The highest BCUT2D eigenvalue weighted by molar-refractivity contribution is 5.96. The number of nitrogens with two attached hydrogens (primary N) is 2. The third kappa shape index (κ3) is 1.94. The number of nitrogens with zero attached hydrogens (tertiary/aromatic N) is 2. The lowest BCUT2D eigenvalue weighted by Gasteiger charge is -2.57. The van der Waals surface area contributed by atoms with Crippen LogP contribution in [0.2, 0.25) is 0 Å². The maximum Gasteiger partial charge on any atom is 0.273 e. The van der Waals surface area contributed by atoms with Crippen LogP contribution in [0.15, 0.2) is 0 Å². The van der Waals surface area contributed by atoms with Crippen LogP contribution in [-0.4, -0.2) is 67.2 Å². The first-order chi connectivity index (χ1) is 10.5. The Morgan fingerprint density at radius 2 is 1.61 bits per heavy atom. The van der Waals surface area contributed by atoms with E-state index in [0.29, 0.717) is 4.90 Å². The van der Waals surface area contributed by atoms with Crippen molar-refractivity contribution in [1.29, 1.82) is 0 Å². The van der Waals surface area contributed by atoms with Crippen LogP contribution in [0.1, 0.15) is 33.1 Å². The molecule has 10 heteroatoms. The van der Waals surface area contributed by atoms with Crippen molar-refractivity contribution in [2.24, 2.45) is 11.5 Å². The predicted octanol–water partition coefficient (Wildman–Crippen LogP) is -3.03. The van der Waals surface area contributed by atoms with Gasteiger partial charge in [-0.1, -0.05) is 6.92 Å². The van der Waals surface area contributed by atoms with Crippen LogP contribution in [0.5, 0.6) is 0 Å². The number of rotatable bonds is 3. The second-order valence-corrected chi connectivity index (χ2v) is 5.94. The van der Waals surface area contributed by atoms with Gasteiger partial charge in [-0.05, 0) is 12.8 Å². The van der Waals surface area contributed by atoms with Crippen molar-refractivity contribution in [2.45, 2.75) is 50.1 Å². The Balaban J connectivity index is 2.71. The molecule has 1 aliphatic heterocycles. The van der Waals surface area contributed by atoms with E-state index in [1.807, 2.05) is 0 Å². The highest BCUT2D eigenvalue weighted by Crippen LogP contribution is 2.56. The zero-order valence-electron chi connectivity index (χ0n) is 12.9. The van der Waals surface area contributed by atoms with Crippen molar-refractivity contribution < 1.29 is 29.4 Å². The van der Waals surface area contributed by atoms with Gasteiger partial charge < -0.3 is 21.7 Å². The van der Waals surface area contributed by atoms with Crippen molar-refractivity contribution in [1.82, 2.24) is 9.80 Å². The van der Waals surface area contributed by atoms with Crippen LogP contribution in [0.4, 0.5) is 0 Å². The quantitative estimate of drug-likeness (QED) is 0.429. The van der Waals surface area contributed by atoms with Crippen LogP contribution in [-0.2, 0) is 19.2 Å². The molecule has 10 nitrogen and oxygen atoms in total. The summed E-state index contributed by atoms with van der Waals surface area (Å²) in [6.07, 6.45) is 0.0569. The number of piperazine rings is 1. The van der Waals surface area contributed by atoms with Crippen molar-refractivity contribution >= 4 is 23.6 Å². The summed E-state index contributed by atoms with van der Waals surface area (Å²) in [6.45, 7) is 1.69. The van der Waals surface area contributed by atoms with Gasteiger partial charge in [0.1, 0.15) is 5.54 Å². The van der Waals surface area contributed by atoms with Crippen LogP contribution in [0, 0.1) is 0 Å². The molecule has 23 heavy (non-hydrogen) atoms. The summed E-state index contributed by atoms with van der Waals surface area (Å²) in [7, 11) is 0. The van der Waals surface area contributed by atoms with Crippen molar-refractivity contribution in [2.75, 3.05) is 6.54 Å². The maximum atomic E-state index is 12.3. The number of primary amides is 2. The Hall–Kier alpha value is -2.20. The summed E-state index contributed by atoms with van der Waals surface area (Å²) < 4.78 is 0. The molecular formula is C13H20N4O6. The zero-order chi connectivity index (χ0) is 17.8. The number of hydrogen-bond donors (Lipinski definition) is 4. The molecule has 0 bridgehead atoms. The van der Waals surface area contributed by atoms with E-state index in [9.17, 15) is 29.4 Å².